The summed E-state index contributed by atoms with van der Waals surface area (Å²) < 4.78 is 7.45. The lowest BCUT2D eigenvalue weighted by molar-refractivity contribution is 0.190. The first-order valence-electron chi connectivity index (χ1n) is 7.02. The van der Waals surface area contributed by atoms with Crippen LogP contribution in [0.1, 0.15) is 45.6 Å². The van der Waals surface area contributed by atoms with Crippen molar-refractivity contribution in [1.82, 2.24) is 9.55 Å². The highest BCUT2D eigenvalue weighted by molar-refractivity contribution is 5.28. The second-order valence-electron chi connectivity index (χ2n) is 5.40. The number of ether oxygens (including phenoxy) is 1. The fraction of sp³-hybridized carbons (Fsp3) is 0.786. The monoisotopic (exact) mass is 251 g/mol. The van der Waals surface area contributed by atoms with Crippen molar-refractivity contribution in [3.63, 3.8) is 0 Å². The molecule has 0 amide bonds. The Balaban J connectivity index is 2.00. The lowest BCUT2D eigenvalue weighted by Gasteiger charge is -2.21. The van der Waals surface area contributed by atoms with E-state index in [0.717, 1.165) is 11.9 Å². The summed E-state index contributed by atoms with van der Waals surface area (Å²) in [5.74, 6) is 1.92. The van der Waals surface area contributed by atoms with Gasteiger partial charge in [0.2, 0.25) is 5.95 Å². The summed E-state index contributed by atoms with van der Waals surface area (Å²) in [4.78, 5) is 4.43. The van der Waals surface area contributed by atoms with E-state index in [1.165, 1.54) is 25.7 Å². The second kappa shape index (κ2) is 6.23. The highest BCUT2D eigenvalue weighted by atomic mass is 16.5. The Morgan fingerprint density at radius 3 is 2.94 bits per heavy atom. The van der Waals surface area contributed by atoms with Gasteiger partial charge in [-0.1, -0.05) is 19.8 Å². The van der Waals surface area contributed by atoms with Crippen molar-refractivity contribution in [3.8, 4) is 0 Å². The van der Waals surface area contributed by atoms with Gasteiger partial charge in [-0.15, -0.1) is 0 Å². The summed E-state index contributed by atoms with van der Waals surface area (Å²) in [6.07, 6.45) is 9.26. The van der Waals surface area contributed by atoms with Gasteiger partial charge in [0.15, 0.2) is 0 Å². The van der Waals surface area contributed by atoms with E-state index in [-0.39, 0.29) is 6.04 Å². The summed E-state index contributed by atoms with van der Waals surface area (Å²) in [6.45, 7) is 5.08. The molecular weight excluding hydrogens is 226 g/mol. The summed E-state index contributed by atoms with van der Waals surface area (Å²) in [5.41, 5.74) is 0. The van der Waals surface area contributed by atoms with Gasteiger partial charge in [0.05, 0.1) is 6.61 Å². The summed E-state index contributed by atoms with van der Waals surface area (Å²) in [5, 5.41) is 3.43. The molecule has 1 aromatic rings. The van der Waals surface area contributed by atoms with Crippen molar-refractivity contribution >= 4 is 5.95 Å². The predicted octanol–water partition coefficient (Wildman–Crippen LogP) is 3.08. The molecule has 0 bridgehead atoms. The molecule has 1 aromatic heterocycles. The average molecular weight is 251 g/mol. The topological polar surface area (TPSA) is 39.1 Å². The molecule has 1 heterocycles. The van der Waals surface area contributed by atoms with E-state index in [1.807, 2.05) is 6.20 Å². The van der Waals surface area contributed by atoms with E-state index in [1.54, 1.807) is 7.11 Å². The minimum atomic E-state index is 0.287. The van der Waals surface area contributed by atoms with Gasteiger partial charge in [-0.25, -0.2) is 4.98 Å². The Bertz CT molecular complexity index is 360. The van der Waals surface area contributed by atoms with Crippen LogP contribution in [0.5, 0.6) is 0 Å². The van der Waals surface area contributed by atoms with Gasteiger partial charge < -0.3 is 14.6 Å². The van der Waals surface area contributed by atoms with Crippen LogP contribution in [-0.4, -0.2) is 29.3 Å². The van der Waals surface area contributed by atoms with Gasteiger partial charge >= 0.3 is 0 Å². The highest BCUT2D eigenvalue weighted by Gasteiger charge is 2.26. The first-order valence-corrected chi connectivity index (χ1v) is 7.02. The lowest BCUT2D eigenvalue weighted by Crippen LogP contribution is -2.24. The maximum absolute atomic E-state index is 5.15. The Morgan fingerprint density at radius 2 is 2.33 bits per heavy atom. The number of aromatic nitrogens is 2. The molecule has 102 valence electrons. The van der Waals surface area contributed by atoms with Gasteiger partial charge in [-0.3, -0.25) is 0 Å². The molecule has 1 aliphatic carbocycles. The van der Waals surface area contributed by atoms with Crippen LogP contribution in [0.4, 0.5) is 5.95 Å². The fourth-order valence-corrected chi connectivity index (χ4v) is 2.45. The van der Waals surface area contributed by atoms with Gasteiger partial charge in [0.1, 0.15) is 0 Å². The second-order valence-corrected chi connectivity index (χ2v) is 5.40. The number of imidazole rings is 1. The summed E-state index contributed by atoms with van der Waals surface area (Å²) in [7, 11) is 1.73. The minimum absolute atomic E-state index is 0.287. The number of hydrogen-bond acceptors (Lipinski definition) is 3. The van der Waals surface area contributed by atoms with E-state index < -0.39 is 0 Å². The van der Waals surface area contributed by atoms with E-state index >= 15 is 0 Å². The molecule has 1 N–H and O–H groups in total. The first kappa shape index (κ1) is 13.4. The van der Waals surface area contributed by atoms with Crippen LogP contribution in [0.25, 0.3) is 0 Å². The van der Waals surface area contributed by atoms with Crippen LogP contribution in [0.15, 0.2) is 12.4 Å². The first-order chi connectivity index (χ1) is 8.74. The van der Waals surface area contributed by atoms with Crippen molar-refractivity contribution in [2.24, 2.45) is 5.92 Å². The summed E-state index contributed by atoms with van der Waals surface area (Å²) >= 11 is 0. The third-order valence-corrected chi connectivity index (χ3v) is 3.63. The smallest absolute Gasteiger partial charge is 0.203 e. The number of methoxy groups -OCH3 is 1. The predicted molar refractivity (Wildman–Crippen MR) is 73.9 cm³/mol. The molecule has 2 unspecified atom stereocenters. The zero-order valence-electron chi connectivity index (χ0n) is 11.7. The molecule has 0 saturated heterocycles. The van der Waals surface area contributed by atoms with Gasteiger partial charge in [-0.05, 0) is 25.7 Å². The van der Waals surface area contributed by atoms with Crippen molar-refractivity contribution < 1.29 is 4.74 Å². The minimum Gasteiger partial charge on any atom is -0.383 e. The molecule has 4 nitrogen and oxygen atoms in total. The lowest BCUT2D eigenvalue weighted by atomic mass is 10.1. The number of nitrogens with zero attached hydrogens (tertiary/aromatic N) is 2. The van der Waals surface area contributed by atoms with Crippen molar-refractivity contribution in [2.75, 3.05) is 19.0 Å². The maximum atomic E-state index is 5.15. The standard InChI is InChI=1S/C14H25N3O/c1-4-13(9-12-5-6-12)17-8-7-15-14(17)16-11(2)10-18-3/h7-8,11-13H,4-6,9-10H2,1-3H3,(H,15,16). The number of rotatable bonds is 8. The van der Waals surface area contributed by atoms with Crippen LogP contribution in [0.3, 0.4) is 0 Å². The molecule has 1 saturated carbocycles. The normalized spacial score (nSPS) is 18.6. The maximum Gasteiger partial charge on any atom is 0.203 e. The van der Waals surface area contributed by atoms with Crippen molar-refractivity contribution in [2.45, 2.75) is 51.6 Å². The molecule has 18 heavy (non-hydrogen) atoms. The van der Waals surface area contributed by atoms with E-state index in [2.05, 4.69) is 34.9 Å². The van der Waals surface area contributed by atoms with Crippen LogP contribution >= 0.6 is 0 Å². The molecule has 0 aromatic carbocycles. The number of nitrogens with one attached hydrogen (secondary N) is 1. The molecule has 0 aliphatic heterocycles. The highest BCUT2D eigenvalue weighted by Crippen LogP contribution is 2.38. The van der Waals surface area contributed by atoms with E-state index in [0.29, 0.717) is 12.6 Å². The number of anilines is 1. The van der Waals surface area contributed by atoms with E-state index in [9.17, 15) is 0 Å². The van der Waals surface area contributed by atoms with Gasteiger partial charge in [0.25, 0.3) is 0 Å². The molecule has 2 rings (SSSR count). The fourth-order valence-electron chi connectivity index (χ4n) is 2.45. The Hall–Kier alpha value is -1.03. The summed E-state index contributed by atoms with van der Waals surface area (Å²) in [6, 6.07) is 0.867. The molecule has 2 atom stereocenters. The zero-order valence-corrected chi connectivity index (χ0v) is 11.7. The third kappa shape index (κ3) is 3.48. The quantitative estimate of drug-likeness (QED) is 0.771. The van der Waals surface area contributed by atoms with Crippen LogP contribution < -0.4 is 5.32 Å². The molecule has 4 heteroatoms. The molecule has 1 fully saturated rings. The molecule has 1 aliphatic rings. The largest absolute Gasteiger partial charge is 0.383 e. The number of hydrogen-bond donors (Lipinski definition) is 1. The molecular formula is C14H25N3O. The molecule has 0 radical (unpaired) electrons. The van der Waals surface area contributed by atoms with Crippen molar-refractivity contribution in [3.05, 3.63) is 12.4 Å². The zero-order chi connectivity index (χ0) is 13.0. The third-order valence-electron chi connectivity index (χ3n) is 3.63. The molecule has 0 spiro atoms. The Kier molecular flexibility index (Phi) is 4.64. The van der Waals surface area contributed by atoms with Crippen molar-refractivity contribution in [1.29, 1.82) is 0 Å². The van der Waals surface area contributed by atoms with Crippen LogP contribution in [0.2, 0.25) is 0 Å². The van der Waals surface area contributed by atoms with Gasteiger partial charge in [0, 0.05) is 31.6 Å². The SMILES string of the molecule is CCC(CC1CC1)n1ccnc1NC(C)COC. The van der Waals surface area contributed by atoms with Crippen LogP contribution in [-0.2, 0) is 4.74 Å². The van der Waals surface area contributed by atoms with Crippen LogP contribution in [0, 0.1) is 5.92 Å². The Morgan fingerprint density at radius 1 is 1.56 bits per heavy atom. The average Bonchev–Trinajstić information content (AvgIpc) is 3.06. The van der Waals surface area contributed by atoms with Gasteiger partial charge in [-0.2, -0.15) is 0 Å². The Labute approximate surface area is 110 Å². The van der Waals surface area contributed by atoms with E-state index in [4.69, 9.17) is 4.74 Å².